The molecule has 1 fully saturated rings. The molecule has 0 unspecified atom stereocenters. The molecular weight excluding hydrogens is 403 g/mol. The van der Waals surface area contributed by atoms with Crippen molar-refractivity contribution < 1.29 is 17.6 Å². The van der Waals surface area contributed by atoms with Crippen LogP contribution in [0.3, 0.4) is 0 Å². The van der Waals surface area contributed by atoms with Gasteiger partial charge in [0, 0.05) is 25.6 Å². The molecule has 1 aliphatic heterocycles. The summed E-state index contributed by atoms with van der Waals surface area (Å²) in [7, 11) is -3.43. The van der Waals surface area contributed by atoms with E-state index in [1.165, 1.54) is 16.4 Å². The topological polar surface area (TPSA) is 57.7 Å². The van der Waals surface area contributed by atoms with E-state index < -0.39 is 10.0 Å². The third-order valence-electron chi connectivity index (χ3n) is 5.27. The van der Waals surface area contributed by atoms with Crippen LogP contribution in [0.15, 0.2) is 54.6 Å². The lowest BCUT2D eigenvalue weighted by molar-refractivity contribution is -0.136. The average molecular weight is 429 g/mol. The van der Waals surface area contributed by atoms with Crippen LogP contribution >= 0.6 is 0 Å². The Morgan fingerprint density at radius 3 is 2.30 bits per heavy atom. The van der Waals surface area contributed by atoms with E-state index >= 15 is 0 Å². The molecule has 0 aromatic heterocycles. The van der Waals surface area contributed by atoms with Crippen LogP contribution in [0.4, 0.5) is 4.39 Å². The molecule has 30 heavy (non-hydrogen) atoms. The van der Waals surface area contributed by atoms with Crippen LogP contribution in [0.2, 0.25) is 0 Å². The minimum Gasteiger partial charge on any atom is -0.327 e. The van der Waals surface area contributed by atoms with E-state index in [9.17, 15) is 17.6 Å². The normalized spacial score (nSPS) is 15.5. The highest BCUT2D eigenvalue weighted by molar-refractivity contribution is 7.88. The van der Waals surface area contributed by atoms with Crippen molar-refractivity contribution in [2.24, 2.45) is 5.92 Å². The van der Waals surface area contributed by atoms with Crippen molar-refractivity contribution >= 4 is 15.9 Å². The van der Waals surface area contributed by atoms with E-state index in [0.29, 0.717) is 32.5 Å². The van der Waals surface area contributed by atoms with Gasteiger partial charge in [-0.2, -0.15) is 0 Å². The Kier molecular flexibility index (Phi) is 7.24. The number of rotatable bonds is 7. The summed E-state index contributed by atoms with van der Waals surface area (Å²) in [5, 5.41) is 0. The Morgan fingerprint density at radius 1 is 1.07 bits per heavy atom. The van der Waals surface area contributed by atoms with Crippen LogP contribution in [0.1, 0.15) is 24.0 Å². The number of nitrogens with zero attached hydrogens (tertiary/aromatic N) is 2. The van der Waals surface area contributed by atoms with Gasteiger partial charge in [0.25, 0.3) is 0 Å². The summed E-state index contributed by atoms with van der Waals surface area (Å²) >= 11 is 0. The second-order valence-corrected chi connectivity index (χ2v) is 9.41. The molecule has 0 spiro atoms. The summed E-state index contributed by atoms with van der Waals surface area (Å²) in [4.78, 5) is 14.6. The maximum Gasteiger partial charge on any atom is 0.226 e. The molecular formula is C23H25FN2O3S. The van der Waals surface area contributed by atoms with E-state index in [4.69, 9.17) is 6.42 Å². The van der Waals surface area contributed by atoms with Crippen LogP contribution < -0.4 is 0 Å². The summed E-state index contributed by atoms with van der Waals surface area (Å²) < 4.78 is 40.0. The van der Waals surface area contributed by atoms with Gasteiger partial charge in [-0.05, 0) is 36.1 Å². The number of hydrogen-bond donors (Lipinski definition) is 0. The van der Waals surface area contributed by atoms with Crippen molar-refractivity contribution in [3.8, 4) is 12.3 Å². The van der Waals surface area contributed by atoms with Gasteiger partial charge in [-0.1, -0.05) is 48.4 Å². The summed E-state index contributed by atoms with van der Waals surface area (Å²) in [5.41, 5.74) is 1.54. The van der Waals surface area contributed by atoms with E-state index in [1.807, 2.05) is 18.2 Å². The van der Waals surface area contributed by atoms with Crippen LogP contribution in [-0.2, 0) is 27.1 Å². The molecule has 1 amide bonds. The Labute approximate surface area is 177 Å². The van der Waals surface area contributed by atoms with E-state index in [2.05, 4.69) is 5.92 Å². The van der Waals surface area contributed by atoms with Gasteiger partial charge in [0.05, 0.1) is 12.3 Å². The quantitative estimate of drug-likeness (QED) is 0.637. The first kappa shape index (κ1) is 22.0. The molecule has 0 radical (unpaired) electrons. The van der Waals surface area contributed by atoms with Gasteiger partial charge < -0.3 is 4.90 Å². The van der Waals surface area contributed by atoms with Crippen molar-refractivity contribution in [2.45, 2.75) is 25.1 Å². The lowest BCUT2D eigenvalue weighted by Gasteiger charge is -2.33. The number of hydrogen-bond acceptors (Lipinski definition) is 3. The fraction of sp³-hybridized carbons (Fsp3) is 0.348. The van der Waals surface area contributed by atoms with E-state index in [0.717, 1.165) is 11.1 Å². The number of sulfonamides is 1. The molecule has 0 aliphatic carbocycles. The van der Waals surface area contributed by atoms with Crippen molar-refractivity contribution in [1.29, 1.82) is 0 Å². The average Bonchev–Trinajstić information content (AvgIpc) is 2.75. The standard InChI is InChI=1S/C23H25FN2O3S/c1-2-14-25(17-19-8-10-22(24)11-9-19)23(27)21-12-15-26(16-13-21)30(28,29)18-20-6-4-3-5-7-20/h1,3-11,21H,12-18H2. The molecule has 158 valence electrons. The Balaban J connectivity index is 1.60. The predicted molar refractivity (Wildman–Crippen MR) is 114 cm³/mol. The Bertz CT molecular complexity index is 993. The number of benzene rings is 2. The summed E-state index contributed by atoms with van der Waals surface area (Å²) in [6.45, 7) is 1.08. The third-order valence-corrected chi connectivity index (χ3v) is 7.12. The second-order valence-electron chi connectivity index (χ2n) is 7.44. The largest absolute Gasteiger partial charge is 0.327 e. The van der Waals surface area contributed by atoms with Gasteiger partial charge in [-0.25, -0.2) is 17.1 Å². The number of terminal acetylenes is 1. The molecule has 0 atom stereocenters. The van der Waals surface area contributed by atoms with Crippen molar-refractivity contribution in [3.05, 3.63) is 71.5 Å². The zero-order valence-corrected chi connectivity index (χ0v) is 17.5. The molecule has 1 aliphatic rings. The molecule has 1 saturated heterocycles. The van der Waals surface area contributed by atoms with Gasteiger partial charge in [0.2, 0.25) is 15.9 Å². The van der Waals surface area contributed by atoms with Crippen molar-refractivity contribution in [3.63, 3.8) is 0 Å². The molecule has 7 heteroatoms. The first-order valence-electron chi connectivity index (χ1n) is 9.87. The number of carbonyl (C=O) groups excluding carboxylic acids is 1. The Morgan fingerprint density at radius 2 is 1.70 bits per heavy atom. The van der Waals surface area contributed by atoms with Crippen LogP contribution in [-0.4, -0.2) is 43.2 Å². The molecule has 1 heterocycles. The first-order chi connectivity index (χ1) is 14.4. The van der Waals surface area contributed by atoms with E-state index in [1.54, 1.807) is 29.2 Å². The molecule has 0 bridgehead atoms. The van der Waals surface area contributed by atoms with Crippen LogP contribution in [0.25, 0.3) is 0 Å². The van der Waals surface area contributed by atoms with Crippen LogP contribution in [0.5, 0.6) is 0 Å². The van der Waals surface area contributed by atoms with Crippen molar-refractivity contribution in [2.75, 3.05) is 19.6 Å². The molecule has 3 rings (SSSR count). The highest BCUT2D eigenvalue weighted by Gasteiger charge is 2.33. The highest BCUT2D eigenvalue weighted by atomic mass is 32.2. The summed E-state index contributed by atoms with van der Waals surface area (Å²) in [5.74, 6) is 1.77. The molecule has 2 aromatic rings. The molecule has 5 nitrogen and oxygen atoms in total. The van der Waals surface area contributed by atoms with Gasteiger partial charge >= 0.3 is 0 Å². The zero-order valence-electron chi connectivity index (χ0n) is 16.7. The van der Waals surface area contributed by atoms with Gasteiger partial charge in [-0.3, -0.25) is 4.79 Å². The SMILES string of the molecule is C#CCN(Cc1ccc(F)cc1)C(=O)C1CCN(S(=O)(=O)Cc2ccccc2)CC1. The molecule has 0 saturated carbocycles. The lowest BCUT2D eigenvalue weighted by atomic mass is 9.96. The monoisotopic (exact) mass is 428 g/mol. The second kappa shape index (κ2) is 9.88. The fourth-order valence-corrected chi connectivity index (χ4v) is 5.21. The maximum absolute atomic E-state index is 13.1. The van der Waals surface area contributed by atoms with Gasteiger partial charge in [-0.15, -0.1) is 6.42 Å². The maximum atomic E-state index is 13.1. The number of piperidine rings is 1. The number of carbonyl (C=O) groups is 1. The third kappa shape index (κ3) is 5.68. The van der Waals surface area contributed by atoms with E-state index in [-0.39, 0.29) is 29.9 Å². The number of amides is 1. The summed E-state index contributed by atoms with van der Waals surface area (Å²) in [6.07, 6.45) is 6.35. The van der Waals surface area contributed by atoms with Gasteiger partial charge in [0.1, 0.15) is 5.82 Å². The molecule has 2 aromatic carbocycles. The zero-order chi connectivity index (χ0) is 21.6. The lowest BCUT2D eigenvalue weighted by Crippen LogP contribution is -2.44. The first-order valence-corrected chi connectivity index (χ1v) is 11.5. The smallest absolute Gasteiger partial charge is 0.226 e. The summed E-state index contributed by atoms with van der Waals surface area (Å²) in [6, 6.07) is 15.0. The van der Waals surface area contributed by atoms with Crippen LogP contribution in [0, 0.1) is 24.1 Å². The Hall–Kier alpha value is -2.69. The highest BCUT2D eigenvalue weighted by Crippen LogP contribution is 2.24. The minimum absolute atomic E-state index is 0.0414. The van der Waals surface area contributed by atoms with Crippen molar-refractivity contribution in [1.82, 2.24) is 9.21 Å². The predicted octanol–water partition coefficient (Wildman–Crippen LogP) is 3.03. The minimum atomic E-state index is -3.43. The fourth-order valence-electron chi connectivity index (χ4n) is 3.65. The van der Waals surface area contributed by atoms with Gasteiger partial charge in [0.15, 0.2) is 0 Å². The molecule has 0 N–H and O–H groups in total. The number of halogens is 1.